The summed E-state index contributed by atoms with van der Waals surface area (Å²) in [5.74, 6) is 0.827. The summed E-state index contributed by atoms with van der Waals surface area (Å²) in [6.45, 7) is 2.63. The van der Waals surface area contributed by atoms with Gasteiger partial charge in [0.1, 0.15) is 5.25 Å². The lowest BCUT2D eigenvalue weighted by atomic mass is 9.80. The van der Waals surface area contributed by atoms with Gasteiger partial charge in [0.05, 0.1) is 6.61 Å². The number of amides is 2. The third-order valence-electron chi connectivity index (χ3n) is 4.55. The lowest BCUT2D eigenvalue weighted by Gasteiger charge is -2.28. The van der Waals surface area contributed by atoms with Crippen molar-refractivity contribution in [3.8, 4) is 0 Å². The maximum Gasteiger partial charge on any atom is 0.294 e. The van der Waals surface area contributed by atoms with Gasteiger partial charge in [-0.25, -0.2) is 0 Å². The zero-order valence-electron chi connectivity index (χ0n) is 13.2. The van der Waals surface area contributed by atoms with Crippen LogP contribution in [0.25, 0.3) is 0 Å². The van der Waals surface area contributed by atoms with Crippen molar-refractivity contribution in [2.24, 2.45) is 11.8 Å². The smallest absolute Gasteiger partial charge is 0.294 e. The largest absolute Gasteiger partial charge is 0.355 e. The van der Waals surface area contributed by atoms with Gasteiger partial charge in [0.15, 0.2) is 0 Å². The third kappa shape index (κ3) is 5.56. The van der Waals surface area contributed by atoms with Gasteiger partial charge >= 0.3 is 0 Å². The molecule has 2 rings (SSSR count). The van der Waals surface area contributed by atoms with Crippen LogP contribution in [0.1, 0.15) is 39.0 Å². The topological polar surface area (TPSA) is 111 Å². The molecule has 2 atom stereocenters. The second-order valence-electron chi connectivity index (χ2n) is 6.24. The van der Waals surface area contributed by atoms with Crippen LogP contribution in [0.2, 0.25) is 0 Å². The maximum absolute atomic E-state index is 12.1. The van der Waals surface area contributed by atoms with Crippen LogP contribution in [0.3, 0.4) is 0 Å². The van der Waals surface area contributed by atoms with Crippen LogP contribution >= 0.6 is 11.8 Å². The van der Waals surface area contributed by atoms with Crippen molar-refractivity contribution in [3.63, 3.8) is 0 Å². The van der Waals surface area contributed by atoms with Crippen LogP contribution in [0.5, 0.6) is 0 Å². The highest BCUT2D eigenvalue weighted by molar-refractivity contribution is 8.15. The van der Waals surface area contributed by atoms with Crippen molar-refractivity contribution in [2.45, 2.75) is 50.3 Å². The summed E-state index contributed by atoms with van der Waals surface area (Å²) in [4.78, 5) is 37.8. The van der Waals surface area contributed by atoms with E-state index >= 15 is 0 Å². The van der Waals surface area contributed by atoms with Crippen LogP contribution < -0.4 is 10.6 Å². The molecule has 2 fully saturated rings. The second kappa shape index (κ2) is 8.37. The van der Waals surface area contributed by atoms with E-state index in [1.54, 1.807) is 0 Å². The Morgan fingerprint density at radius 1 is 1.39 bits per heavy atom. The van der Waals surface area contributed by atoms with Gasteiger partial charge in [0.25, 0.3) is 10.3 Å². The second-order valence-corrected chi connectivity index (χ2v) is 7.35. The highest BCUT2D eigenvalue weighted by atomic mass is 32.2. The molecular weight excluding hydrogens is 322 g/mol. The summed E-state index contributed by atoms with van der Waals surface area (Å²) in [6.07, 6.45) is 4.75. The molecule has 2 amide bonds. The zero-order valence-corrected chi connectivity index (χ0v) is 14.0. The predicted octanol–water partition coefficient (Wildman–Crippen LogP) is 1.72. The molecule has 0 aromatic carbocycles. The molecule has 1 heterocycles. The summed E-state index contributed by atoms with van der Waals surface area (Å²) in [7, 11) is 0. The Balaban J connectivity index is 1.62. The van der Waals surface area contributed by atoms with E-state index in [0.717, 1.165) is 37.4 Å². The van der Waals surface area contributed by atoms with E-state index in [1.165, 1.54) is 0 Å². The lowest BCUT2D eigenvalue weighted by Crippen LogP contribution is -2.42. The molecule has 23 heavy (non-hydrogen) atoms. The number of carbonyl (C=O) groups excluding carboxylic acids is 2. The van der Waals surface area contributed by atoms with Gasteiger partial charge < -0.3 is 15.5 Å². The fourth-order valence-electron chi connectivity index (χ4n) is 3.16. The first-order valence-electron chi connectivity index (χ1n) is 7.98. The number of hydrogen-bond donors (Lipinski definition) is 2. The van der Waals surface area contributed by atoms with E-state index in [2.05, 4.69) is 15.5 Å². The summed E-state index contributed by atoms with van der Waals surface area (Å²) >= 11 is 1.05. The number of hydrogen-bond acceptors (Lipinski definition) is 6. The Morgan fingerprint density at radius 2 is 2.04 bits per heavy atom. The van der Waals surface area contributed by atoms with Crippen LogP contribution in [0.4, 0.5) is 4.79 Å². The molecule has 2 aliphatic rings. The van der Waals surface area contributed by atoms with E-state index in [4.69, 9.17) is 0 Å². The fraction of sp³-hybridized carbons (Fsp3) is 0.857. The molecule has 2 unspecified atom stereocenters. The number of rotatable bonds is 7. The first kappa shape index (κ1) is 17.8. The van der Waals surface area contributed by atoms with Crippen LogP contribution in [0.15, 0.2) is 0 Å². The Hall–Kier alpha value is -1.51. The number of thioether (sulfide) groups is 1. The normalized spacial score (nSPS) is 30.6. The highest BCUT2D eigenvalue weighted by Gasteiger charge is 2.35. The fourth-order valence-corrected chi connectivity index (χ4v) is 4.10. The molecule has 0 aromatic rings. The first-order chi connectivity index (χ1) is 11.0. The zero-order chi connectivity index (χ0) is 16.8. The average molecular weight is 345 g/mol. The lowest BCUT2D eigenvalue weighted by molar-refractivity contribution is -0.758. The Morgan fingerprint density at radius 3 is 2.61 bits per heavy atom. The van der Waals surface area contributed by atoms with Crippen molar-refractivity contribution in [1.29, 1.82) is 0 Å². The van der Waals surface area contributed by atoms with Gasteiger partial charge in [0.2, 0.25) is 5.91 Å². The minimum atomic E-state index is -0.747. The molecule has 1 aliphatic carbocycles. The molecule has 0 spiro atoms. The van der Waals surface area contributed by atoms with Gasteiger partial charge in [-0.15, -0.1) is 10.1 Å². The number of carbonyl (C=O) groups is 2. The molecular formula is C14H23N3O5S. The summed E-state index contributed by atoms with van der Waals surface area (Å²) in [5, 5.41) is 14.5. The molecule has 0 radical (unpaired) electrons. The molecule has 9 heteroatoms. The van der Waals surface area contributed by atoms with Gasteiger partial charge in [-0.3, -0.25) is 9.59 Å². The molecule has 0 bridgehead atoms. The van der Waals surface area contributed by atoms with Gasteiger partial charge in [0, 0.05) is 12.6 Å². The predicted molar refractivity (Wildman–Crippen MR) is 85.4 cm³/mol. The number of nitrogens with zero attached hydrogens (tertiary/aromatic N) is 1. The van der Waals surface area contributed by atoms with Crippen molar-refractivity contribution in [2.75, 3.05) is 13.2 Å². The van der Waals surface area contributed by atoms with Crippen LogP contribution in [-0.4, -0.2) is 40.7 Å². The Labute approximate surface area is 139 Å². The standard InChI is InChI=1S/C14H23N3O5S/c1-9-12(23-14(19)16-9)13(18)15-8-11-4-2-10(3-5-11)6-7-22-17(20)21/h9-12H,2-8H2,1H3,(H,15,18)(H,16,19). The minimum absolute atomic E-state index is 0.0812. The molecule has 2 N–H and O–H groups in total. The quantitative estimate of drug-likeness (QED) is 0.537. The Bertz CT molecular complexity index is 454. The van der Waals surface area contributed by atoms with E-state index < -0.39 is 5.09 Å². The molecule has 1 aliphatic heterocycles. The molecule has 1 saturated heterocycles. The molecule has 0 aromatic heterocycles. The monoisotopic (exact) mass is 345 g/mol. The van der Waals surface area contributed by atoms with Crippen LogP contribution in [0, 0.1) is 22.0 Å². The first-order valence-corrected chi connectivity index (χ1v) is 8.86. The van der Waals surface area contributed by atoms with Gasteiger partial charge in [-0.05, 0) is 49.8 Å². The molecule has 1 saturated carbocycles. The van der Waals surface area contributed by atoms with Crippen LogP contribution in [-0.2, 0) is 9.63 Å². The summed E-state index contributed by atoms with van der Waals surface area (Å²) in [6, 6.07) is -0.134. The van der Waals surface area contributed by atoms with Crippen molar-refractivity contribution in [1.82, 2.24) is 10.6 Å². The van der Waals surface area contributed by atoms with Crippen molar-refractivity contribution in [3.05, 3.63) is 10.1 Å². The third-order valence-corrected chi connectivity index (χ3v) is 5.75. The minimum Gasteiger partial charge on any atom is -0.355 e. The van der Waals surface area contributed by atoms with E-state index in [0.29, 0.717) is 24.8 Å². The SMILES string of the molecule is CC1NC(=O)SC1C(=O)NCC1CCC(CCO[N+](=O)[O-])CC1. The van der Waals surface area contributed by atoms with Crippen molar-refractivity contribution < 1.29 is 19.5 Å². The summed E-state index contributed by atoms with van der Waals surface area (Å²) < 4.78 is 0. The number of nitrogens with one attached hydrogen (secondary N) is 2. The summed E-state index contributed by atoms with van der Waals surface area (Å²) in [5.41, 5.74) is 0. The van der Waals surface area contributed by atoms with Gasteiger partial charge in [-0.1, -0.05) is 12.8 Å². The highest BCUT2D eigenvalue weighted by Crippen LogP contribution is 2.30. The van der Waals surface area contributed by atoms with E-state index in [-0.39, 0.29) is 29.0 Å². The van der Waals surface area contributed by atoms with Crippen molar-refractivity contribution >= 4 is 22.9 Å². The maximum atomic E-state index is 12.1. The molecule has 8 nitrogen and oxygen atoms in total. The van der Waals surface area contributed by atoms with Gasteiger partial charge in [-0.2, -0.15) is 0 Å². The average Bonchev–Trinajstić information content (AvgIpc) is 2.84. The molecule has 130 valence electrons. The Kier molecular flexibility index (Phi) is 6.49. The van der Waals surface area contributed by atoms with E-state index in [1.807, 2.05) is 6.92 Å². The van der Waals surface area contributed by atoms with E-state index in [9.17, 15) is 19.7 Å².